The van der Waals surface area contributed by atoms with Gasteiger partial charge in [0.1, 0.15) is 0 Å². The molecule has 106 valence electrons. The molecule has 0 bridgehead atoms. The summed E-state index contributed by atoms with van der Waals surface area (Å²) < 4.78 is 1.08. The zero-order valence-electron chi connectivity index (χ0n) is 11.3. The average Bonchev–Trinajstić information content (AvgIpc) is 2.81. The van der Waals surface area contributed by atoms with E-state index in [-0.39, 0.29) is 18.3 Å². The number of amides is 1. The highest BCUT2D eigenvalue weighted by Gasteiger charge is 2.27. The number of carbonyl (C=O) groups is 1. The van der Waals surface area contributed by atoms with E-state index in [1.807, 2.05) is 37.1 Å². The van der Waals surface area contributed by atoms with Crippen LogP contribution in [0.2, 0.25) is 0 Å². The van der Waals surface area contributed by atoms with E-state index in [2.05, 4.69) is 27.9 Å². The zero-order valence-corrected chi connectivity index (χ0v) is 14.3. The van der Waals surface area contributed by atoms with E-state index in [0.717, 1.165) is 35.2 Å². The van der Waals surface area contributed by atoms with Gasteiger partial charge in [0, 0.05) is 16.7 Å². The Labute approximate surface area is 134 Å². The maximum atomic E-state index is 12.5. The fraction of sp³-hybridized carbons (Fsp3) is 0.500. The Morgan fingerprint density at radius 2 is 2.26 bits per heavy atom. The number of rotatable bonds is 3. The maximum Gasteiger partial charge on any atom is 0.254 e. The van der Waals surface area contributed by atoms with Gasteiger partial charge >= 0.3 is 0 Å². The van der Waals surface area contributed by atoms with Crippen molar-refractivity contribution in [3.63, 3.8) is 0 Å². The van der Waals surface area contributed by atoms with Gasteiger partial charge in [-0.15, -0.1) is 12.4 Å². The number of halogens is 2. The highest BCUT2D eigenvalue weighted by atomic mass is 127. The van der Waals surface area contributed by atoms with Crippen molar-refractivity contribution >= 4 is 40.9 Å². The van der Waals surface area contributed by atoms with E-state index in [1.54, 1.807) is 0 Å². The fourth-order valence-electron chi connectivity index (χ4n) is 2.46. The number of hydrogen-bond donors (Lipinski definition) is 1. The van der Waals surface area contributed by atoms with Crippen LogP contribution in [0.5, 0.6) is 0 Å². The summed E-state index contributed by atoms with van der Waals surface area (Å²) in [6.45, 7) is 4.81. The molecule has 0 saturated carbocycles. The summed E-state index contributed by atoms with van der Waals surface area (Å²) >= 11 is 2.27. The number of benzene rings is 1. The van der Waals surface area contributed by atoms with Gasteiger partial charge in [0.25, 0.3) is 5.91 Å². The van der Waals surface area contributed by atoms with Crippen LogP contribution >= 0.6 is 35.0 Å². The van der Waals surface area contributed by atoms with Gasteiger partial charge in [-0.3, -0.25) is 4.79 Å². The van der Waals surface area contributed by atoms with Gasteiger partial charge in [0.05, 0.1) is 5.56 Å². The summed E-state index contributed by atoms with van der Waals surface area (Å²) in [6, 6.07) is 5.95. The Bertz CT molecular complexity index is 453. The second-order valence-electron chi connectivity index (χ2n) is 4.90. The molecule has 0 radical (unpaired) electrons. The summed E-state index contributed by atoms with van der Waals surface area (Å²) in [5.74, 6) is 0.781. The lowest BCUT2D eigenvalue weighted by atomic mass is 10.1. The molecule has 0 aromatic heterocycles. The average molecular weight is 395 g/mol. The highest BCUT2D eigenvalue weighted by molar-refractivity contribution is 14.1. The Kier molecular flexibility index (Phi) is 6.56. The number of nitrogens with zero attached hydrogens (tertiary/aromatic N) is 1. The lowest BCUT2D eigenvalue weighted by molar-refractivity contribution is 0.0786. The molecule has 1 aliphatic rings. The van der Waals surface area contributed by atoms with Crippen LogP contribution in [0.1, 0.15) is 22.3 Å². The van der Waals surface area contributed by atoms with Crippen LogP contribution in [0, 0.1) is 16.4 Å². The summed E-state index contributed by atoms with van der Waals surface area (Å²) in [4.78, 5) is 14.5. The topological polar surface area (TPSA) is 32.3 Å². The number of hydrogen-bond acceptors (Lipinski definition) is 2. The molecular weight excluding hydrogens is 375 g/mol. The molecule has 5 heteroatoms. The minimum Gasteiger partial charge on any atom is -0.338 e. The molecule has 1 saturated heterocycles. The van der Waals surface area contributed by atoms with Crippen molar-refractivity contribution in [2.75, 3.05) is 26.7 Å². The third-order valence-corrected chi connectivity index (χ3v) is 4.92. The molecule has 1 aromatic rings. The number of likely N-dealkylation sites (tertiary alicyclic amines) is 1. The largest absolute Gasteiger partial charge is 0.338 e. The standard InChI is InChI=1S/C14H19IN2O.ClH/c1-10-4-3-5-12(13(10)15)14(18)17-7-6-11(9-17)8-16-2;/h3-5,11,16H,6-9H2,1-2H3;1H. The first-order valence-corrected chi connectivity index (χ1v) is 7.40. The van der Waals surface area contributed by atoms with Crippen molar-refractivity contribution in [3.05, 3.63) is 32.9 Å². The van der Waals surface area contributed by atoms with Crippen molar-refractivity contribution in [2.24, 2.45) is 5.92 Å². The van der Waals surface area contributed by atoms with Gasteiger partial charge in [-0.1, -0.05) is 12.1 Å². The molecule has 0 aliphatic carbocycles. The molecule has 1 amide bonds. The smallest absolute Gasteiger partial charge is 0.254 e. The zero-order chi connectivity index (χ0) is 13.1. The van der Waals surface area contributed by atoms with Crippen LogP contribution in [0.25, 0.3) is 0 Å². The third-order valence-electron chi connectivity index (χ3n) is 3.49. The van der Waals surface area contributed by atoms with E-state index < -0.39 is 0 Å². The van der Waals surface area contributed by atoms with Gasteiger partial charge in [-0.2, -0.15) is 0 Å². The van der Waals surface area contributed by atoms with Crippen molar-refractivity contribution in [3.8, 4) is 0 Å². The van der Waals surface area contributed by atoms with Crippen LogP contribution in [-0.4, -0.2) is 37.5 Å². The normalized spacial score (nSPS) is 18.3. The first kappa shape index (κ1) is 16.7. The van der Waals surface area contributed by atoms with E-state index in [1.165, 1.54) is 5.56 Å². The minimum absolute atomic E-state index is 0. The SMILES string of the molecule is CNCC1CCN(C(=O)c2cccc(C)c2I)C1.Cl. The van der Waals surface area contributed by atoms with Crippen LogP contribution in [0.3, 0.4) is 0 Å². The van der Waals surface area contributed by atoms with Crippen LogP contribution < -0.4 is 5.32 Å². The Morgan fingerprint density at radius 1 is 1.53 bits per heavy atom. The Hall–Kier alpha value is -0.330. The Morgan fingerprint density at radius 3 is 2.95 bits per heavy atom. The van der Waals surface area contributed by atoms with Gasteiger partial charge in [0.2, 0.25) is 0 Å². The third kappa shape index (κ3) is 3.83. The molecule has 1 atom stereocenters. The summed E-state index contributed by atoms with van der Waals surface area (Å²) in [7, 11) is 1.97. The highest BCUT2D eigenvalue weighted by Crippen LogP contribution is 2.22. The van der Waals surface area contributed by atoms with Crippen molar-refractivity contribution in [1.29, 1.82) is 0 Å². The second kappa shape index (κ2) is 7.45. The molecule has 1 heterocycles. The quantitative estimate of drug-likeness (QED) is 0.800. The van der Waals surface area contributed by atoms with Crippen LogP contribution in [-0.2, 0) is 0 Å². The first-order chi connectivity index (χ1) is 8.63. The van der Waals surface area contributed by atoms with Crippen LogP contribution in [0.4, 0.5) is 0 Å². The number of aryl methyl sites for hydroxylation is 1. The molecule has 1 aliphatic heterocycles. The molecular formula is C14H20ClIN2O. The second-order valence-corrected chi connectivity index (χ2v) is 5.98. The lowest BCUT2D eigenvalue weighted by Gasteiger charge is -2.18. The summed E-state index contributed by atoms with van der Waals surface area (Å²) in [6.07, 6.45) is 1.11. The molecule has 1 aromatic carbocycles. The summed E-state index contributed by atoms with van der Waals surface area (Å²) in [5, 5.41) is 3.19. The van der Waals surface area contributed by atoms with Gasteiger partial charge < -0.3 is 10.2 Å². The monoisotopic (exact) mass is 394 g/mol. The van der Waals surface area contributed by atoms with E-state index in [9.17, 15) is 4.79 Å². The number of nitrogens with one attached hydrogen (secondary N) is 1. The van der Waals surface area contributed by atoms with Crippen molar-refractivity contribution < 1.29 is 4.79 Å². The molecule has 0 spiro atoms. The van der Waals surface area contributed by atoms with Crippen molar-refractivity contribution in [2.45, 2.75) is 13.3 Å². The van der Waals surface area contributed by atoms with Gasteiger partial charge in [0.15, 0.2) is 0 Å². The minimum atomic E-state index is 0. The van der Waals surface area contributed by atoms with E-state index in [0.29, 0.717) is 5.92 Å². The number of carbonyl (C=O) groups excluding carboxylic acids is 1. The molecule has 2 rings (SSSR count). The first-order valence-electron chi connectivity index (χ1n) is 6.32. The van der Waals surface area contributed by atoms with Gasteiger partial charge in [-0.05, 0) is 67.1 Å². The van der Waals surface area contributed by atoms with Gasteiger partial charge in [-0.25, -0.2) is 0 Å². The molecule has 1 N–H and O–H groups in total. The fourth-order valence-corrected chi connectivity index (χ4v) is 3.05. The molecule has 19 heavy (non-hydrogen) atoms. The molecule has 3 nitrogen and oxygen atoms in total. The maximum absolute atomic E-state index is 12.5. The predicted octanol–water partition coefficient (Wildman–Crippen LogP) is 2.70. The van der Waals surface area contributed by atoms with Crippen LogP contribution in [0.15, 0.2) is 18.2 Å². The van der Waals surface area contributed by atoms with E-state index in [4.69, 9.17) is 0 Å². The lowest BCUT2D eigenvalue weighted by Crippen LogP contribution is -2.31. The summed E-state index contributed by atoms with van der Waals surface area (Å²) in [5.41, 5.74) is 2.02. The Balaban J connectivity index is 0.00000180. The van der Waals surface area contributed by atoms with Crippen molar-refractivity contribution in [1.82, 2.24) is 10.2 Å². The molecule has 1 fully saturated rings. The predicted molar refractivity (Wildman–Crippen MR) is 89.1 cm³/mol. The van der Waals surface area contributed by atoms with E-state index >= 15 is 0 Å². The molecule has 1 unspecified atom stereocenters.